The molecule has 2 atom stereocenters. The van der Waals surface area contributed by atoms with Crippen LogP contribution in [-0.4, -0.2) is 53.2 Å². The number of carbonyl (C=O) groups is 3. The Morgan fingerprint density at radius 2 is 1.68 bits per heavy atom. The maximum atomic E-state index is 12.4. The molecule has 0 bridgehead atoms. The molecule has 1 unspecified atom stereocenters. The van der Waals surface area contributed by atoms with Crippen LogP contribution in [0.4, 0.5) is 13.2 Å². The maximum Gasteiger partial charge on any atom is 0.414 e. The Morgan fingerprint density at radius 3 is 2.12 bits per heavy atom. The highest BCUT2D eigenvalue weighted by atomic mass is 19.4. The van der Waals surface area contributed by atoms with Crippen LogP contribution < -0.4 is 0 Å². The van der Waals surface area contributed by atoms with Crippen LogP contribution in [0.25, 0.3) is 0 Å². The van der Waals surface area contributed by atoms with Gasteiger partial charge in [0.25, 0.3) is 11.8 Å². The van der Waals surface area contributed by atoms with Crippen LogP contribution in [0.2, 0.25) is 0 Å². The number of nitrogens with zero attached hydrogens (tertiary/aromatic N) is 1. The summed E-state index contributed by atoms with van der Waals surface area (Å²) in [6.07, 6.45) is -8.43. The fourth-order valence-electron chi connectivity index (χ4n) is 2.65. The topological polar surface area (TPSA) is 83.9 Å². The van der Waals surface area contributed by atoms with Gasteiger partial charge in [0.1, 0.15) is 12.1 Å². The second-order valence-corrected chi connectivity index (χ2v) is 5.55. The monoisotopic (exact) mass is 359 g/mol. The fraction of sp³-hybridized carbons (Fsp3) is 0.438. The molecule has 0 aromatic heterocycles. The van der Waals surface area contributed by atoms with Crippen molar-refractivity contribution in [3.8, 4) is 0 Å². The first-order valence-corrected chi connectivity index (χ1v) is 7.48. The van der Waals surface area contributed by atoms with Crippen molar-refractivity contribution in [1.29, 1.82) is 0 Å². The summed E-state index contributed by atoms with van der Waals surface area (Å²) in [5.41, 5.74) is 0.244. The van der Waals surface area contributed by atoms with Gasteiger partial charge in [0.05, 0.1) is 18.2 Å². The summed E-state index contributed by atoms with van der Waals surface area (Å²) < 4.78 is 41.6. The molecule has 0 aliphatic carbocycles. The van der Waals surface area contributed by atoms with Crippen LogP contribution in [-0.2, 0) is 9.53 Å². The number of hydrogen-bond acceptors (Lipinski definition) is 5. The quantitative estimate of drug-likeness (QED) is 0.620. The SMILES string of the molecule is COC(=O)[C@H](CCCC(O)C(F)(F)F)N1C(=O)c2ccccc2C1=O. The van der Waals surface area contributed by atoms with E-state index < -0.39 is 42.5 Å². The van der Waals surface area contributed by atoms with Crippen LogP contribution in [0.1, 0.15) is 40.0 Å². The van der Waals surface area contributed by atoms with E-state index in [-0.39, 0.29) is 24.0 Å². The number of aliphatic hydroxyl groups is 1. The third-order valence-corrected chi connectivity index (χ3v) is 3.94. The van der Waals surface area contributed by atoms with E-state index in [1.54, 1.807) is 12.1 Å². The number of amides is 2. The van der Waals surface area contributed by atoms with Gasteiger partial charge in [-0.1, -0.05) is 12.1 Å². The summed E-state index contributed by atoms with van der Waals surface area (Å²) in [4.78, 5) is 37.5. The molecule has 1 aliphatic rings. The molecule has 0 spiro atoms. The number of fused-ring (bicyclic) bond motifs is 1. The lowest BCUT2D eigenvalue weighted by Gasteiger charge is -2.24. The Kier molecular flexibility index (Phi) is 5.46. The van der Waals surface area contributed by atoms with Gasteiger partial charge in [-0.05, 0) is 31.4 Å². The zero-order valence-corrected chi connectivity index (χ0v) is 13.2. The number of aliphatic hydroxyl groups excluding tert-OH is 1. The van der Waals surface area contributed by atoms with Crippen LogP contribution >= 0.6 is 0 Å². The molecule has 0 saturated carbocycles. The maximum absolute atomic E-state index is 12.4. The number of hydrogen-bond donors (Lipinski definition) is 1. The van der Waals surface area contributed by atoms with Gasteiger partial charge in [0, 0.05) is 0 Å². The minimum atomic E-state index is -4.77. The zero-order chi connectivity index (χ0) is 18.8. The third kappa shape index (κ3) is 3.81. The normalized spacial score (nSPS) is 16.6. The van der Waals surface area contributed by atoms with Gasteiger partial charge in [-0.3, -0.25) is 14.5 Å². The van der Waals surface area contributed by atoms with Crippen LogP contribution in [0, 0.1) is 0 Å². The van der Waals surface area contributed by atoms with Crippen molar-refractivity contribution in [3.05, 3.63) is 35.4 Å². The van der Waals surface area contributed by atoms with E-state index in [0.29, 0.717) is 4.90 Å². The fourth-order valence-corrected chi connectivity index (χ4v) is 2.65. The highest BCUT2D eigenvalue weighted by Gasteiger charge is 2.43. The van der Waals surface area contributed by atoms with E-state index in [2.05, 4.69) is 4.74 Å². The molecule has 1 aromatic rings. The van der Waals surface area contributed by atoms with Crippen molar-refractivity contribution in [2.45, 2.75) is 37.6 Å². The second kappa shape index (κ2) is 7.22. The Balaban J connectivity index is 2.15. The van der Waals surface area contributed by atoms with Crippen molar-refractivity contribution in [2.75, 3.05) is 7.11 Å². The molecule has 1 heterocycles. The summed E-state index contributed by atoms with van der Waals surface area (Å²) in [6, 6.07) is 4.62. The zero-order valence-electron chi connectivity index (χ0n) is 13.2. The van der Waals surface area contributed by atoms with Crippen molar-refractivity contribution >= 4 is 17.8 Å². The summed E-state index contributed by atoms with van der Waals surface area (Å²) >= 11 is 0. The summed E-state index contributed by atoms with van der Waals surface area (Å²) in [7, 11) is 1.05. The van der Waals surface area contributed by atoms with Gasteiger partial charge in [-0.2, -0.15) is 13.2 Å². The number of carbonyl (C=O) groups excluding carboxylic acids is 3. The molecule has 2 rings (SSSR count). The molecule has 2 amide bonds. The minimum absolute atomic E-state index is 0.122. The Morgan fingerprint density at radius 1 is 1.16 bits per heavy atom. The number of halogens is 3. The van der Waals surface area contributed by atoms with E-state index in [4.69, 9.17) is 5.11 Å². The molecular weight excluding hydrogens is 343 g/mol. The van der Waals surface area contributed by atoms with Gasteiger partial charge >= 0.3 is 12.1 Å². The molecule has 6 nitrogen and oxygen atoms in total. The average Bonchev–Trinajstić information content (AvgIpc) is 2.82. The predicted molar refractivity (Wildman–Crippen MR) is 78.7 cm³/mol. The number of benzene rings is 1. The van der Waals surface area contributed by atoms with Gasteiger partial charge in [0.15, 0.2) is 0 Å². The van der Waals surface area contributed by atoms with Crippen molar-refractivity contribution in [3.63, 3.8) is 0 Å². The van der Waals surface area contributed by atoms with Crippen molar-refractivity contribution in [2.24, 2.45) is 0 Å². The molecule has 25 heavy (non-hydrogen) atoms. The van der Waals surface area contributed by atoms with Gasteiger partial charge in [0.2, 0.25) is 0 Å². The van der Waals surface area contributed by atoms with Crippen molar-refractivity contribution < 1.29 is 37.4 Å². The predicted octanol–water partition coefficient (Wildman–Crippen LogP) is 1.92. The smallest absolute Gasteiger partial charge is 0.414 e. The molecule has 9 heteroatoms. The molecule has 1 N–H and O–H groups in total. The number of ether oxygens (including phenoxy) is 1. The first-order chi connectivity index (χ1) is 11.7. The molecular formula is C16H16F3NO5. The summed E-state index contributed by atoms with van der Waals surface area (Å²) in [5, 5.41) is 9.02. The van der Waals surface area contributed by atoms with E-state index in [9.17, 15) is 27.6 Å². The Hall–Kier alpha value is -2.42. The molecule has 136 valence electrons. The van der Waals surface area contributed by atoms with Gasteiger partial charge in [-0.15, -0.1) is 0 Å². The number of rotatable bonds is 6. The van der Waals surface area contributed by atoms with E-state index in [1.807, 2.05) is 0 Å². The third-order valence-electron chi connectivity index (χ3n) is 3.94. The van der Waals surface area contributed by atoms with Crippen molar-refractivity contribution in [1.82, 2.24) is 4.90 Å². The highest BCUT2D eigenvalue weighted by Crippen LogP contribution is 2.28. The lowest BCUT2D eigenvalue weighted by molar-refractivity contribution is -0.205. The summed E-state index contributed by atoms with van der Waals surface area (Å²) in [6.45, 7) is 0. The molecule has 1 aliphatic heterocycles. The standard InChI is InChI=1S/C16H16F3NO5/c1-25-15(24)11(7-4-8-12(21)16(17,18)19)20-13(22)9-5-2-3-6-10(9)14(20)23/h2-3,5-6,11-12,21H,4,7-8H2,1H3/t11-,12?/m0/s1. The number of alkyl halides is 3. The van der Waals surface area contributed by atoms with Gasteiger partial charge in [-0.25, -0.2) is 4.79 Å². The number of imide groups is 1. The Bertz CT molecular complexity index is 654. The number of methoxy groups -OCH3 is 1. The van der Waals surface area contributed by atoms with E-state index >= 15 is 0 Å². The first kappa shape index (κ1) is 18.9. The molecule has 0 radical (unpaired) electrons. The van der Waals surface area contributed by atoms with E-state index in [1.165, 1.54) is 12.1 Å². The minimum Gasteiger partial charge on any atom is -0.467 e. The largest absolute Gasteiger partial charge is 0.467 e. The van der Waals surface area contributed by atoms with Crippen LogP contribution in [0.15, 0.2) is 24.3 Å². The molecule has 1 aromatic carbocycles. The Labute approximate surface area is 141 Å². The second-order valence-electron chi connectivity index (χ2n) is 5.55. The van der Waals surface area contributed by atoms with E-state index in [0.717, 1.165) is 7.11 Å². The molecule has 0 saturated heterocycles. The lowest BCUT2D eigenvalue weighted by atomic mass is 10.1. The number of esters is 1. The highest BCUT2D eigenvalue weighted by molar-refractivity contribution is 6.22. The summed E-state index contributed by atoms with van der Waals surface area (Å²) in [5.74, 6) is -2.31. The van der Waals surface area contributed by atoms with Crippen LogP contribution in [0.5, 0.6) is 0 Å². The lowest BCUT2D eigenvalue weighted by Crippen LogP contribution is -2.45. The van der Waals surface area contributed by atoms with Gasteiger partial charge < -0.3 is 9.84 Å². The van der Waals surface area contributed by atoms with Crippen LogP contribution in [0.3, 0.4) is 0 Å². The first-order valence-electron chi connectivity index (χ1n) is 7.48. The average molecular weight is 359 g/mol. The molecule has 0 fully saturated rings.